The number of nitrogen functional groups attached to an aromatic ring is 1. The first-order valence-corrected chi connectivity index (χ1v) is 9.53. The number of nitrogens with one attached hydrogen (secondary N) is 1. The highest BCUT2D eigenvalue weighted by Gasteiger charge is 2.43. The number of carbonyl (C=O) groups excluding carboxylic acids is 1. The molecule has 148 valence electrons. The van der Waals surface area contributed by atoms with Gasteiger partial charge in [-0.15, -0.1) is 0 Å². The highest BCUT2D eigenvalue weighted by molar-refractivity contribution is 6.31. The molecule has 2 unspecified atom stereocenters. The molecule has 4 rings (SSSR count). The fourth-order valence-electron chi connectivity index (χ4n) is 4.55. The van der Waals surface area contributed by atoms with Gasteiger partial charge in [0.05, 0.1) is 16.4 Å². The standard InChI is InChI=1S/C19H21ClFN5O2/c1-26-18(22)16(19(27)23-12-2-3-15(21)14(20)8-12)17(24-26)11-4-9-6-13(25-28)7-10(9)5-11/h2-3,8-11,28H,4-7,22H2,1H3,(H,23,27)/t9-,10?,11?/m0/s1. The highest BCUT2D eigenvalue weighted by Crippen LogP contribution is 2.50. The van der Waals surface area contributed by atoms with Crippen molar-refractivity contribution < 1.29 is 14.4 Å². The fraction of sp³-hybridized carbons (Fsp3) is 0.421. The van der Waals surface area contributed by atoms with E-state index in [2.05, 4.69) is 15.6 Å². The predicted octanol–water partition coefficient (Wildman–Crippen LogP) is 3.78. The molecule has 0 aliphatic heterocycles. The summed E-state index contributed by atoms with van der Waals surface area (Å²) in [6.07, 6.45) is 3.33. The number of fused-ring (bicyclic) bond motifs is 1. The Morgan fingerprint density at radius 2 is 2.07 bits per heavy atom. The van der Waals surface area contributed by atoms with Gasteiger partial charge in [-0.1, -0.05) is 16.8 Å². The minimum absolute atomic E-state index is 0.0675. The summed E-state index contributed by atoms with van der Waals surface area (Å²) < 4.78 is 14.9. The summed E-state index contributed by atoms with van der Waals surface area (Å²) in [5.41, 5.74) is 8.41. The van der Waals surface area contributed by atoms with Crippen molar-refractivity contribution in [1.29, 1.82) is 0 Å². The lowest BCUT2D eigenvalue weighted by atomic mass is 9.96. The Morgan fingerprint density at radius 1 is 1.39 bits per heavy atom. The first-order valence-electron chi connectivity index (χ1n) is 9.16. The van der Waals surface area contributed by atoms with Crippen molar-refractivity contribution in [1.82, 2.24) is 9.78 Å². The molecule has 1 amide bonds. The van der Waals surface area contributed by atoms with Crippen LogP contribution in [0.3, 0.4) is 0 Å². The minimum Gasteiger partial charge on any atom is -0.411 e. The Balaban J connectivity index is 1.58. The van der Waals surface area contributed by atoms with Crippen LogP contribution in [0.1, 0.15) is 47.7 Å². The maximum absolute atomic E-state index is 13.4. The third-order valence-corrected chi connectivity index (χ3v) is 6.18. The van der Waals surface area contributed by atoms with Gasteiger partial charge in [-0.05, 0) is 55.7 Å². The molecule has 2 aromatic rings. The van der Waals surface area contributed by atoms with Crippen LogP contribution in [0.5, 0.6) is 0 Å². The number of halogens is 2. The molecule has 0 bridgehead atoms. The smallest absolute Gasteiger partial charge is 0.261 e. The number of benzene rings is 1. The largest absolute Gasteiger partial charge is 0.411 e. The molecule has 2 aliphatic carbocycles. The summed E-state index contributed by atoms with van der Waals surface area (Å²) in [6.45, 7) is 0. The Morgan fingerprint density at radius 3 is 2.68 bits per heavy atom. The molecule has 3 atom stereocenters. The van der Waals surface area contributed by atoms with E-state index in [9.17, 15) is 9.18 Å². The molecule has 4 N–H and O–H groups in total. The molecular formula is C19H21ClFN5O2. The van der Waals surface area contributed by atoms with Crippen molar-refractivity contribution in [2.45, 2.75) is 31.6 Å². The van der Waals surface area contributed by atoms with Crippen LogP contribution in [-0.2, 0) is 7.05 Å². The second-order valence-corrected chi connectivity index (χ2v) is 8.02. The molecule has 0 spiro atoms. The summed E-state index contributed by atoms with van der Waals surface area (Å²) in [6, 6.07) is 4.00. The van der Waals surface area contributed by atoms with Crippen LogP contribution in [-0.4, -0.2) is 26.6 Å². The van der Waals surface area contributed by atoms with E-state index in [1.54, 1.807) is 7.05 Å². The molecule has 2 saturated carbocycles. The van der Waals surface area contributed by atoms with E-state index < -0.39 is 11.7 Å². The lowest BCUT2D eigenvalue weighted by molar-refractivity contribution is 0.102. The average molecular weight is 406 g/mol. The SMILES string of the molecule is Cn1nc(C2CC3CC(=NO)C[C@@H]3C2)c(C(=O)Nc2ccc(F)c(Cl)c2)c1N. The number of nitrogens with zero attached hydrogens (tertiary/aromatic N) is 3. The number of amides is 1. The van der Waals surface area contributed by atoms with E-state index in [0.717, 1.165) is 31.4 Å². The van der Waals surface area contributed by atoms with Gasteiger partial charge in [0.15, 0.2) is 0 Å². The number of oxime groups is 1. The Kier molecular flexibility index (Phi) is 4.74. The van der Waals surface area contributed by atoms with Crippen LogP contribution in [0.25, 0.3) is 0 Å². The van der Waals surface area contributed by atoms with Gasteiger partial charge in [-0.3, -0.25) is 9.48 Å². The summed E-state index contributed by atoms with van der Waals surface area (Å²) in [7, 11) is 1.71. The summed E-state index contributed by atoms with van der Waals surface area (Å²) in [4.78, 5) is 12.9. The Bertz CT molecular complexity index is 957. The normalized spacial score (nSPS) is 25.2. The van der Waals surface area contributed by atoms with Crippen LogP contribution in [0.2, 0.25) is 5.02 Å². The van der Waals surface area contributed by atoms with Crippen LogP contribution >= 0.6 is 11.6 Å². The quantitative estimate of drug-likeness (QED) is 0.533. The Hall–Kier alpha value is -2.61. The van der Waals surface area contributed by atoms with Crippen molar-refractivity contribution in [3.8, 4) is 0 Å². The highest BCUT2D eigenvalue weighted by atomic mass is 35.5. The van der Waals surface area contributed by atoms with E-state index in [1.807, 2.05) is 0 Å². The lowest BCUT2D eigenvalue weighted by Gasteiger charge is -2.12. The maximum Gasteiger partial charge on any atom is 0.261 e. The molecule has 7 nitrogen and oxygen atoms in total. The van der Waals surface area contributed by atoms with Crippen molar-refractivity contribution in [3.05, 3.63) is 40.3 Å². The minimum atomic E-state index is -0.551. The van der Waals surface area contributed by atoms with Crippen LogP contribution in [0, 0.1) is 17.7 Å². The molecule has 28 heavy (non-hydrogen) atoms. The van der Waals surface area contributed by atoms with E-state index in [4.69, 9.17) is 22.5 Å². The van der Waals surface area contributed by atoms with E-state index in [0.29, 0.717) is 28.8 Å². The van der Waals surface area contributed by atoms with Crippen LogP contribution < -0.4 is 11.1 Å². The number of carbonyl (C=O) groups is 1. The summed E-state index contributed by atoms with van der Waals surface area (Å²) in [5, 5.41) is 19.6. The monoisotopic (exact) mass is 405 g/mol. The molecule has 0 radical (unpaired) electrons. The lowest BCUT2D eigenvalue weighted by Crippen LogP contribution is -2.16. The second kappa shape index (κ2) is 7.09. The second-order valence-electron chi connectivity index (χ2n) is 7.62. The Labute approximate surface area is 166 Å². The molecule has 1 heterocycles. The molecule has 1 aromatic carbocycles. The van der Waals surface area contributed by atoms with Gasteiger partial charge in [0.25, 0.3) is 5.91 Å². The third-order valence-electron chi connectivity index (χ3n) is 5.89. The van der Waals surface area contributed by atoms with Gasteiger partial charge in [-0.25, -0.2) is 4.39 Å². The zero-order valence-electron chi connectivity index (χ0n) is 15.3. The molecule has 2 fully saturated rings. The van der Waals surface area contributed by atoms with E-state index in [-0.39, 0.29) is 16.8 Å². The van der Waals surface area contributed by atoms with Crippen LogP contribution in [0.15, 0.2) is 23.4 Å². The number of aromatic nitrogens is 2. The number of anilines is 2. The molecule has 0 saturated heterocycles. The van der Waals surface area contributed by atoms with Gasteiger partial charge in [0, 0.05) is 18.7 Å². The zero-order chi connectivity index (χ0) is 20.0. The van der Waals surface area contributed by atoms with Crippen molar-refractivity contribution in [3.63, 3.8) is 0 Å². The summed E-state index contributed by atoms with van der Waals surface area (Å²) >= 11 is 5.80. The van der Waals surface area contributed by atoms with Crippen molar-refractivity contribution in [2.24, 2.45) is 24.0 Å². The van der Waals surface area contributed by atoms with Gasteiger partial charge in [0.1, 0.15) is 17.2 Å². The van der Waals surface area contributed by atoms with Gasteiger partial charge in [-0.2, -0.15) is 5.10 Å². The molecular weight excluding hydrogens is 385 g/mol. The summed E-state index contributed by atoms with van der Waals surface area (Å²) in [5.74, 6) is 0.339. The zero-order valence-corrected chi connectivity index (χ0v) is 16.1. The van der Waals surface area contributed by atoms with Crippen molar-refractivity contribution in [2.75, 3.05) is 11.1 Å². The van der Waals surface area contributed by atoms with Gasteiger partial charge >= 0.3 is 0 Å². The number of aryl methyl sites for hydroxylation is 1. The average Bonchev–Trinajstić information content (AvgIpc) is 3.30. The molecule has 2 aliphatic rings. The third kappa shape index (κ3) is 3.22. The number of nitrogens with two attached hydrogens (primary N) is 1. The van der Waals surface area contributed by atoms with Crippen molar-refractivity contribution >= 4 is 34.7 Å². The first kappa shape index (κ1) is 18.7. The maximum atomic E-state index is 13.4. The van der Waals surface area contributed by atoms with E-state index >= 15 is 0 Å². The number of hydrogen-bond donors (Lipinski definition) is 3. The molecule has 1 aromatic heterocycles. The van der Waals surface area contributed by atoms with Crippen LogP contribution in [0.4, 0.5) is 15.9 Å². The number of rotatable bonds is 3. The predicted molar refractivity (Wildman–Crippen MR) is 104 cm³/mol. The first-order chi connectivity index (χ1) is 13.4. The van der Waals surface area contributed by atoms with E-state index in [1.165, 1.54) is 22.9 Å². The molecule has 9 heteroatoms. The number of hydrogen-bond acceptors (Lipinski definition) is 5. The van der Waals surface area contributed by atoms with Gasteiger partial charge < -0.3 is 16.3 Å². The van der Waals surface area contributed by atoms with Gasteiger partial charge in [0.2, 0.25) is 0 Å². The topological polar surface area (TPSA) is 106 Å². The fourth-order valence-corrected chi connectivity index (χ4v) is 4.73.